The Kier molecular flexibility index (Phi) is 4.52. The average Bonchev–Trinajstić information content (AvgIpc) is 3.37. The van der Waals surface area contributed by atoms with Gasteiger partial charge in [0.1, 0.15) is 12.1 Å². The van der Waals surface area contributed by atoms with Crippen molar-refractivity contribution in [2.75, 3.05) is 12.0 Å². The number of benzene rings is 3. The van der Waals surface area contributed by atoms with Gasteiger partial charge in [0.15, 0.2) is 0 Å². The molecule has 7 heteroatoms. The fourth-order valence-electron chi connectivity index (χ4n) is 5.16. The number of anilines is 1. The molecule has 0 spiro atoms. The van der Waals surface area contributed by atoms with E-state index in [9.17, 15) is 14.4 Å². The molecule has 3 amide bonds. The van der Waals surface area contributed by atoms with E-state index < -0.39 is 18.1 Å². The van der Waals surface area contributed by atoms with Gasteiger partial charge < -0.3 is 9.72 Å². The maximum atomic E-state index is 13.7. The van der Waals surface area contributed by atoms with E-state index in [-0.39, 0.29) is 11.9 Å². The van der Waals surface area contributed by atoms with Crippen LogP contribution >= 0.6 is 0 Å². The Morgan fingerprint density at radius 3 is 2.38 bits per heavy atom. The SMILES string of the molecule is COC(=O)c1ccc([C@@H]2c3[nH]c4ccccc4c3C[C@H]3C(=O)N(c4ccccc4)C(=O)N23)cc1. The number of nitrogens with one attached hydrogen (secondary N) is 1. The zero-order chi connectivity index (χ0) is 23.4. The second kappa shape index (κ2) is 7.59. The molecule has 34 heavy (non-hydrogen) atoms. The molecule has 1 N–H and O–H groups in total. The maximum Gasteiger partial charge on any atom is 0.337 e. The topological polar surface area (TPSA) is 82.7 Å². The number of hydrogen-bond donors (Lipinski definition) is 1. The van der Waals surface area contributed by atoms with E-state index in [0.29, 0.717) is 17.7 Å². The van der Waals surface area contributed by atoms with Crippen LogP contribution in [0.3, 0.4) is 0 Å². The van der Waals surface area contributed by atoms with Gasteiger partial charge in [-0.2, -0.15) is 0 Å². The van der Waals surface area contributed by atoms with E-state index in [1.165, 1.54) is 12.0 Å². The summed E-state index contributed by atoms with van der Waals surface area (Å²) in [5.74, 6) is -0.662. The number of carbonyl (C=O) groups excluding carboxylic acids is 3. The minimum Gasteiger partial charge on any atom is -0.465 e. The first kappa shape index (κ1) is 20.2. The van der Waals surface area contributed by atoms with Gasteiger partial charge in [0.25, 0.3) is 5.91 Å². The lowest BCUT2D eigenvalue weighted by Gasteiger charge is -2.36. The monoisotopic (exact) mass is 451 g/mol. The first-order valence-electron chi connectivity index (χ1n) is 11.1. The van der Waals surface area contributed by atoms with Crippen molar-refractivity contribution in [2.45, 2.75) is 18.5 Å². The van der Waals surface area contributed by atoms with Gasteiger partial charge >= 0.3 is 12.0 Å². The number of ether oxygens (including phenoxy) is 1. The molecule has 1 aromatic heterocycles. The van der Waals surface area contributed by atoms with Gasteiger partial charge in [0.05, 0.1) is 18.4 Å². The number of aromatic nitrogens is 1. The van der Waals surface area contributed by atoms with E-state index in [4.69, 9.17) is 4.74 Å². The third-order valence-electron chi connectivity index (χ3n) is 6.71. The summed E-state index contributed by atoms with van der Waals surface area (Å²) in [6.45, 7) is 0. The van der Waals surface area contributed by atoms with E-state index in [1.54, 1.807) is 29.2 Å². The molecular formula is C27H21N3O4. The molecule has 0 radical (unpaired) electrons. The van der Waals surface area contributed by atoms with Gasteiger partial charge in [0.2, 0.25) is 0 Å². The summed E-state index contributed by atoms with van der Waals surface area (Å²) in [7, 11) is 1.34. The molecule has 7 nitrogen and oxygen atoms in total. The van der Waals surface area contributed by atoms with Gasteiger partial charge in [-0.1, -0.05) is 48.5 Å². The lowest BCUT2D eigenvalue weighted by Crippen LogP contribution is -2.44. The Hall–Kier alpha value is -4.39. The van der Waals surface area contributed by atoms with Gasteiger partial charge in [-0.3, -0.25) is 9.69 Å². The minimum atomic E-state index is -0.621. The third-order valence-corrected chi connectivity index (χ3v) is 6.71. The molecule has 2 aliphatic heterocycles. The number of imide groups is 1. The van der Waals surface area contributed by atoms with Crippen molar-refractivity contribution in [3.05, 3.63) is 101 Å². The summed E-state index contributed by atoms with van der Waals surface area (Å²) in [4.78, 5) is 45.7. The lowest BCUT2D eigenvalue weighted by atomic mass is 9.88. The summed E-state index contributed by atoms with van der Waals surface area (Å²) in [5, 5.41) is 1.05. The number of urea groups is 1. The summed E-state index contributed by atoms with van der Waals surface area (Å²) in [6, 6.07) is 22.5. The van der Waals surface area contributed by atoms with Crippen molar-refractivity contribution in [2.24, 2.45) is 0 Å². The van der Waals surface area contributed by atoms with E-state index in [2.05, 4.69) is 4.98 Å². The van der Waals surface area contributed by atoms with Crippen LogP contribution in [0.1, 0.15) is 33.2 Å². The number of fused-ring (bicyclic) bond motifs is 4. The molecular weight excluding hydrogens is 430 g/mol. The van der Waals surface area contributed by atoms with Gasteiger partial charge in [-0.05, 0) is 41.5 Å². The Bertz CT molecular complexity index is 1440. The number of esters is 1. The highest BCUT2D eigenvalue weighted by Crippen LogP contribution is 2.44. The summed E-state index contributed by atoms with van der Waals surface area (Å²) < 4.78 is 4.82. The number of carbonyl (C=O) groups is 3. The smallest absolute Gasteiger partial charge is 0.337 e. The minimum absolute atomic E-state index is 0.233. The van der Waals surface area contributed by atoms with E-state index >= 15 is 0 Å². The fourth-order valence-corrected chi connectivity index (χ4v) is 5.16. The Labute approximate surface area is 195 Å². The van der Waals surface area contributed by atoms with Crippen molar-refractivity contribution in [3.8, 4) is 0 Å². The highest BCUT2D eigenvalue weighted by atomic mass is 16.5. The summed E-state index contributed by atoms with van der Waals surface area (Å²) >= 11 is 0. The Morgan fingerprint density at radius 1 is 0.941 bits per heavy atom. The van der Waals surface area contributed by atoms with Gasteiger partial charge in [-0.15, -0.1) is 0 Å². The summed E-state index contributed by atoms with van der Waals surface area (Å²) in [6.07, 6.45) is 0.435. The molecule has 4 aromatic rings. The number of amides is 3. The van der Waals surface area contributed by atoms with Crippen LogP contribution in [0.4, 0.5) is 10.5 Å². The third kappa shape index (κ3) is 2.86. The van der Waals surface area contributed by atoms with Crippen LogP contribution in [0.5, 0.6) is 0 Å². The number of nitrogens with zero attached hydrogens (tertiary/aromatic N) is 2. The zero-order valence-electron chi connectivity index (χ0n) is 18.4. The predicted molar refractivity (Wildman–Crippen MR) is 127 cm³/mol. The van der Waals surface area contributed by atoms with Crippen LogP contribution in [0, 0.1) is 0 Å². The molecule has 6 rings (SSSR count). The van der Waals surface area contributed by atoms with Crippen molar-refractivity contribution in [1.82, 2.24) is 9.88 Å². The van der Waals surface area contributed by atoms with Crippen molar-refractivity contribution < 1.29 is 19.1 Å². The number of methoxy groups -OCH3 is 1. The quantitative estimate of drug-likeness (QED) is 0.369. The van der Waals surface area contributed by atoms with Crippen LogP contribution in [0.2, 0.25) is 0 Å². The predicted octanol–water partition coefficient (Wildman–Crippen LogP) is 4.44. The first-order chi connectivity index (χ1) is 16.6. The Balaban J connectivity index is 1.52. The fraction of sp³-hybridized carbons (Fsp3) is 0.148. The maximum absolute atomic E-state index is 13.7. The molecule has 3 aromatic carbocycles. The zero-order valence-corrected chi connectivity index (χ0v) is 18.4. The van der Waals surface area contributed by atoms with Crippen LogP contribution in [-0.4, -0.2) is 40.9 Å². The number of hydrogen-bond acceptors (Lipinski definition) is 4. The van der Waals surface area contributed by atoms with Gasteiger partial charge in [-0.25, -0.2) is 14.5 Å². The number of aromatic amines is 1. The van der Waals surface area contributed by atoms with Crippen LogP contribution in [-0.2, 0) is 16.0 Å². The number of H-pyrrole nitrogens is 1. The molecule has 0 unspecified atom stereocenters. The molecule has 3 heterocycles. The van der Waals surface area contributed by atoms with Crippen molar-refractivity contribution in [1.29, 1.82) is 0 Å². The molecule has 2 atom stereocenters. The first-order valence-corrected chi connectivity index (χ1v) is 11.1. The lowest BCUT2D eigenvalue weighted by molar-refractivity contribution is -0.120. The van der Waals surface area contributed by atoms with Crippen LogP contribution in [0.15, 0.2) is 78.9 Å². The van der Waals surface area contributed by atoms with E-state index in [1.807, 2.05) is 54.6 Å². The molecule has 0 aliphatic carbocycles. The van der Waals surface area contributed by atoms with Crippen LogP contribution in [0.25, 0.3) is 10.9 Å². The number of rotatable bonds is 3. The second-order valence-electron chi connectivity index (χ2n) is 8.50. The Morgan fingerprint density at radius 2 is 1.65 bits per heavy atom. The highest BCUT2D eigenvalue weighted by molar-refractivity contribution is 6.22. The highest BCUT2D eigenvalue weighted by Gasteiger charge is 2.53. The second-order valence-corrected chi connectivity index (χ2v) is 8.50. The molecule has 0 saturated carbocycles. The molecule has 0 bridgehead atoms. The van der Waals surface area contributed by atoms with Crippen molar-refractivity contribution >= 4 is 34.5 Å². The standard InChI is InChI=1S/C27H21N3O4/c1-34-26(32)17-13-11-16(12-14-17)24-23-20(19-9-5-6-10-21(19)28-23)15-22-25(31)29(27(33)30(22)24)18-7-3-2-4-8-18/h2-14,22,24,28H,15H2,1H3/t22-,24+/m0/s1. The largest absolute Gasteiger partial charge is 0.465 e. The number of para-hydroxylation sites is 2. The van der Waals surface area contributed by atoms with Crippen molar-refractivity contribution in [3.63, 3.8) is 0 Å². The molecule has 1 saturated heterocycles. The average molecular weight is 451 g/mol. The van der Waals surface area contributed by atoms with Gasteiger partial charge in [0, 0.05) is 23.0 Å². The van der Waals surface area contributed by atoms with E-state index in [0.717, 1.165) is 27.7 Å². The normalized spacial score (nSPS) is 19.3. The molecule has 168 valence electrons. The molecule has 1 fully saturated rings. The molecule has 2 aliphatic rings. The van der Waals surface area contributed by atoms with Crippen LogP contribution < -0.4 is 4.90 Å². The summed E-state index contributed by atoms with van der Waals surface area (Å²) in [5.41, 5.74) is 4.67.